The second kappa shape index (κ2) is 7.67. The molecule has 1 aliphatic carbocycles. The Kier molecular flexibility index (Phi) is 5.50. The van der Waals surface area contributed by atoms with E-state index in [4.69, 9.17) is 23.2 Å². The smallest absolute Gasteiger partial charge is 0.223 e. The summed E-state index contributed by atoms with van der Waals surface area (Å²) in [5, 5.41) is 0.769. The van der Waals surface area contributed by atoms with E-state index in [9.17, 15) is 16.8 Å². The first-order valence-electron chi connectivity index (χ1n) is 8.67. The van der Waals surface area contributed by atoms with Gasteiger partial charge in [-0.25, -0.2) is 21.8 Å². The van der Waals surface area contributed by atoms with Crippen LogP contribution in [-0.2, 0) is 19.7 Å². The fourth-order valence-corrected chi connectivity index (χ4v) is 8.46. The number of thiazole rings is 1. The van der Waals surface area contributed by atoms with Gasteiger partial charge in [0.15, 0.2) is 19.1 Å². The van der Waals surface area contributed by atoms with Gasteiger partial charge in [-0.1, -0.05) is 35.3 Å². The zero-order valence-corrected chi connectivity index (χ0v) is 18.8. The molecule has 0 radical (unpaired) electrons. The normalized spacial score (nSPS) is 14.8. The van der Waals surface area contributed by atoms with Gasteiger partial charge in [-0.3, -0.25) is 0 Å². The Balaban J connectivity index is 1.88. The Morgan fingerprint density at radius 3 is 2.00 bits per heavy atom. The maximum atomic E-state index is 13.2. The topological polar surface area (TPSA) is 81.2 Å². The Labute approximate surface area is 183 Å². The molecule has 152 valence electrons. The molecular weight excluding hydrogens is 473 g/mol. The summed E-state index contributed by atoms with van der Waals surface area (Å²) in [5.41, 5.74) is 0.597. The zero-order chi connectivity index (χ0) is 20.8. The average Bonchev–Trinajstić information content (AvgIpc) is 3.34. The molecular formula is C19H15Cl2NO4S3. The van der Waals surface area contributed by atoms with E-state index in [1.807, 2.05) is 0 Å². The van der Waals surface area contributed by atoms with Gasteiger partial charge in [0.25, 0.3) is 0 Å². The van der Waals surface area contributed by atoms with Crippen molar-refractivity contribution < 1.29 is 16.8 Å². The molecule has 0 spiro atoms. The number of rotatable bonds is 6. The molecule has 5 nitrogen and oxygen atoms in total. The Morgan fingerprint density at radius 2 is 1.45 bits per heavy atom. The Bertz CT molecular complexity index is 1260. The van der Waals surface area contributed by atoms with Crippen LogP contribution in [0.3, 0.4) is 0 Å². The summed E-state index contributed by atoms with van der Waals surface area (Å²) in [4.78, 5) is 4.19. The van der Waals surface area contributed by atoms with Crippen molar-refractivity contribution >= 4 is 54.2 Å². The van der Waals surface area contributed by atoms with Crippen molar-refractivity contribution in [1.29, 1.82) is 0 Å². The van der Waals surface area contributed by atoms with Gasteiger partial charge < -0.3 is 0 Å². The van der Waals surface area contributed by atoms with Crippen LogP contribution in [0.4, 0.5) is 0 Å². The van der Waals surface area contributed by atoms with E-state index < -0.39 is 24.7 Å². The molecule has 10 heteroatoms. The molecule has 1 saturated carbocycles. The number of nitrogens with zero attached hydrogens (tertiary/aromatic N) is 1. The third-order valence-electron chi connectivity index (χ3n) is 4.47. The first-order chi connectivity index (χ1) is 13.7. The van der Waals surface area contributed by atoms with Gasteiger partial charge in [-0.2, -0.15) is 0 Å². The number of benzene rings is 2. The lowest BCUT2D eigenvalue weighted by molar-refractivity contribution is 0.580. The lowest BCUT2D eigenvalue weighted by Gasteiger charge is -2.05. The fourth-order valence-electron chi connectivity index (χ4n) is 2.77. The quantitative estimate of drug-likeness (QED) is 0.480. The predicted molar refractivity (Wildman–Crippen MR) is 114 cm³/mol. The molecule has 0 amide bonds. The Hall–Kier alpha value is -1.45. The van der Waals surface area contributed by atoms with E-state index in [1.54, 1.807) is 24.3 Å². The first-order valence-corrected chi connectivity index (χ1v) is 13.4. The number of hydrogen-bond donors (Lipinski definition) is 0. The molecule has 1 heterocycles. The summed E-state index contributed by atoms with van der Waals surface area (Å²) in [6.07, 6.45) is 1.67. The predicted octanol–water partition coefficient (Wildman–Crippen LogP) is 5.13. The molecule has 0 unspecified atom stereocenters. The van der Waals surface area contributed by atoms with Gasteiger partial charge in [-0.05, 0) is 55.2 Å². The minimum Gasteiger partial charge on any atom is -0.223 e. The zero-order valence-electron chi connectivity index (χ0n) is 14.9. The molecule has 0 aliphatic heterocycles. The lowest BCUT2D eigenvalue weighted by atomic mass is 10.2. The molecule has 1 aromatic heterocycles. The molecule has 0 bridgehead atoms. The van der Waals surface area contributed by atoms with Crippen molar-refractivity contribution in [1.82, 2.24) is 4.98 Å². The van der Waals surface area contributed by atoms with E-state index in [-0.39, 0.29) is 20.8 Å². The molecule has 3 aromatic rings. The summed E-state index contributed by atoms with van der Waals surface area (Å²) >= 11 is 12.6. The van der Waals surface area contributed by atoms with Crippen molar-refractivity contribution in [3.63, 3.8) is 0 Å². The van der Waals surface area contributed by atoms with Crippen molar-refractivity contribution in [3.05, 3.63) is 58.6 Å². The van der Waals surface area contributed by atoms with Crippen molar-refractivity contribution in [2.75, 3.05) is 5.75 Å². The molecule has 2 aromatic carbocycles. The molecule has 0 saturated heterocycles. The summed E-state index contributed by atoms with van der Waals surface area (Å²) in [5.74, 6) is 0.00504. The number of sulfone groups is 2. The average molecular weight is 488 g/mol. The molecule has 1 aliphatic rings. The number of halogens is 2. The van der Waals surface area contributed by atoms with Gasteiger partial charge in [0.2, 0.25) is 9.84 Å². The van der Waals surface area contributed by atoms with Gasteiger partial charge in [0.05, 0.1) is 10.6 Å². The van der Waals surface area contributed by atoms with Crippen LogP contribution in [0.5, 0.6) is 0 Å². The molecule has 0 N–H and O–H groups in total. The van der Waals surface area contributed by atoms with Crippen LogP contribution in [0.1, 0.15) is 12.8 Å². The van der Waals surface area contributed by atoms with E-state index >= 15 is 0 Å². The van der Waals surface area contributed by atoms with Crippen LogP contribution in [0, 0.1) is 5.92 Å². The van der Waals surface area contributed by atoms with Gasteiger partial charge in [-0.15, -0.1) is 11.3 Å². The van der Waals surface area contributed by atoms with Crippen LogP contribution >= 0.6 is 34.5 Å². The Morgan fingerprint density at radius 1 is 0.897 bits per heavy atom. The van der Waals surface area contributed by atoms with Crippen LogP contribution in [0.25, 0.3) is 10.6 Å². The lowest BCUT2D eigenvalue weighted by Crippen LogP contribution is -2.12. The fraction of sp³-hybridized carbons (Fsp3) is 0.211. The second-order valence-electron chi connectivity index (χ2n) is 6.80. The maximum Gasteiger partial charge on any atom is 0.226 e. The monoisotopic (exact) mass is 487 g/mol. The van der Waals surface area contributed by atoms with Crippen molar-refractivity contribution in [2.45, 2.75) is 27.0 Å². The number of hydrogen-bond acceptors (Lipinski definition) is 6. The minimum atomic E-state index is -4.14. The SMILES string of the molecule is O=S(=O)(CC1CC1)c1sc(-c2ccc(Cl)cc2)nc1S(=O)(=O)c1ccc(Cl)cc1. The highest BCUT2D eigenvalue weighted by molar-refractivity contribution is 7.96. The highest BCUT2D eigenvalue weighted by Crippen LogP contribution is 2.40. The van der Waals surface area contributed by atoms with Crippen LogP contribution in [-0.4, -0.2) is 27.6 Å². The van der Waals surface area contributed by atoms with Crippen LogP contribution in [0.15, 0.2) is 62.7 Å². The minimum absolute atomic E-state index is 0.0577. The standard InChI is InChI=1S/C19H15Cl2NO4S3/c20-14-5-3-13(4-6-14)17-22-18(19(27-17)28(23,24)11-12-1-2-12)29(25,26)16-9-7-15(21)8-10-16/h3-10,12H,1-2,11H2. The van der Waals surface area contributed by atoms with Crippen molar-refractivity contribution in [2.24, 2.45) is 5.92 Å². The van der Waals surface area contributed by atoms with E-state index in [2.05, 4.69) is 4.98 Å². The van der Waals surface area contributed by atoms with Gasteiger partial charge in [0, 0.05) is 15.6 Å². The summed E-state index contributed by atoms with van der Waals surface area (Å²) < 4.78 is 52.2. The maximum absolute atomic E-state index is 13.2. The second-order valence-corrected chi connectivity index (χ2v) is 12.8. The highest BCUT2D eigenvalue weighted by Gasteiger charge is 2.37. The summed E-state index contributed by atoms with van der Waals surface area (Å²) in [6.45, 7) is 0. The molecule has 29 heavy (non-hydrogen) atoms. The van der Waals surface area contributed by atoms with Crippen molar-refractivity contribution in [3.8, 4) is 10.6 Å². The summed E-state index contributed by atoms with van der Waals surface area (Å²) in [6, 6.07) is 12.2. The van der Waals surface area contributed by atoms with Gasteiger partial charge >= 0.3 is 0 Å². The first kappa shape index (κ1) is 20.8. The van der Waals surface area contributed by atoms with Crippen LogP contribution in [0.2, 0.25) is 10.0 Å². The summed E-state index contributed by atoms with van der Waals surface area (Å²) in [7, 11) is -7.94. The van der Waals surface area contributed by atoms with E-state index in [1.165, 1.54) is 24.3 Å². The molecule has 0 atom stereocenters. The van der Waals surface area contributed by atoms with Crippen LogP contribution < -0.4 is 0 Å². The largest absolute Gasteiger partial charge is 0.226 e. The molecule has 1 fully saturated rings. The third-order valence-corrected chi connectivity index (χ3v) is 10.5. The highest BCUT2D eigenvalue weighted by atomic mass is 35.5. The van der Waals surface area contributed by atoms with E-state index in [0.29, 0.717) is 20.6 Å². The third kappa shape index (κ3) is 4.36. The molecule has 4 rings (SSSR count). The van der Waals surface area contributed by atoms with E-state index in [0.717, 1.165) is 24.2 Å². The number of aromatic nitrogens is 1. The van der Waals surface area contributed by atoms with Gasteiger partial charge in [0.1, 0.15) is 5.01 Å².